The Morgan fingerprint density at radius 3 is 2.00 bits per heavy atom. The van der Waals surface area contributed by atoms with Crippen molar-refractivity contribution in [2.75, 3.05) is 0 Å². The van der Waals surface area contributed by atoms with Gasteiger partial charge in [0, 0.05) is 11.8 Å². The third kappa shape index (κ3) is 0.561. The quantitative estimate of drug-likeness (QED) is 0.441. The second kappa shape index (κ2) is 1.09. The molecule has 0 aliphatic heterocycles. The molecule has 2 N–H and O–H groups in total. The molecular formula is C6H12N+. The smallest absolute Gasteiger partial charge is 0.154 e. The van der Waals surface area contributed by atoms with Crippen molar-refractivity contribution >= 4 is 5.71 Å². The average Bonchev–Trinajstić information content (AvgIpc) is 1.63. The van der Waals surface area contributed by atoms with Crippen molar-refractivity contribution in [3.63, 3.8) is 0 Å². The number of hydrogen-bond acceptors (Lipinski definition) is 0. The van der Waals surface area contributed by atoms with E-state index in [4.69, 9.17) is 5.41 Å². The highest BCUT2D eigenvalue weighted by molar-refractivity contribution is 5.89. The van der Waals surface area contributed by atoms with E-state index in [9.17, 15) is 0 Å². The first-order valence-electron chi connectivity index (χ1n) is 2.75. The molecule has 0 amide bonds. The summed E-state index contributed by atoms with van der Waals surface area (Å²) in [7, 11) is 0. The van der Waals surface area contributed by atoms with E-state index < -0.39 is 0 Å². The summed E-state index contributed by atoms with van der Waals surface area (Å²) in [6.45, 7) is 4.37. The summed E-state index contributed by atoms with van der Waals surface area (Å²) in [6, 6.07) is 0. The van der Waals surface area contributed by atoms with Crippen LogP contribution in [0.5, 0.6) is 0 Å². The summed E-state index contributed by atoms with van der Waals surface area (Å²) in [5, 5.41) is 5.57. The Morgan fingerprint density at radius 2 is 2.00 bits per heavy atom. The average molecular weight is 98.2 g/mol. The largest absolute Gasteiger partial charge is 0.261 e. The summed E-state index contributed by atoms with van der Waals surface area (Å²) in [5.41, 5.74) is 1.55. The Labute approximate surface area is 44.2 Å². The van der Waals surface area contributed by atoms with Gasteiger partial charge in [0.2, 0.25) is 0 Å². The summed E-state index contributed by atoms with van der Waals surface area (Å²) >= 11 is 0. The van der Waals surface area contributed by atoms with Gasteiger partial charge < -0.3 is 0 Å². The summed E-state index contributed by atoms with van der Waals surface area (Å²) in [5.74, 6) is 0. The lowest BCUT2D eigenvalue weighted by atomic mass is 9.70. The van der Waals surface area contributed by atoms with Gasteiger partial charge in [0.25, 0.3) is 0 Å². The normalized spacial score (nSPS) is 26.9. The van der Waals surface area contributed by atoms with Crippen molar-refractivity contribution in [1.29, 1.82) is 0 Å². The Kier molecular flexibility index (Phi) is 0.748. The molecule has 0 bridgehead atoms. The highest BCUT2D eigenvalue weighted by Gasteiger charge is 2.37. The minimum absolute atomic E-state index is 0.375. The number of hydrogen-bond donors (Lipinski definition) is 1. The zero-order valence-corrected chi connectivity index (χ0v) is 4.99. The van der Waals surface area contributed by atoms with E-state index in [0.29, 0.717) is 5.41 Å². The van der Waals surface area contributed by atoms with Crippen molar-refractivity contribution in [2.45, 2.75) is 26.7 Å². The van der Waals surface area contributed by atoms with Crippen LogP contribution >= 0.6 is 0 Å². The zero-order chi connectivity index (χ0) is 5.49. The molecule has 0 spiro atoms. The van der Waals surface area contributed by atoms with Gasteiger partial charge in [-0.3, -0.25) is 5.41 Å². The van der Waals surface area contributed by atoms with E-state index in [0.717, 1.165) is 6.42 Å². The maximum atomic E-state index is 5.57. The van der Waals surface area contributed by atoms with Gasteiger partial charge in [0.1, 0.15) is 0 Å². The summed E-state index contributed by atoms with van der Waals surface area (Å²) < 4.78 is 0. The fraction of sp³-hybridized carbons (Fsp3) is 0.833. The van der Waals surface area contributed by atoms with E-state index >= 15 is 0 Å². The first-order chi connectivity index (χ1) is 3.13. The molecule has 1 saturated carbocycles. The van der Waals surface area contributed by atoms with Crippen LogP contribution < -0.4 is 5.41 Å². The molecule has 1 rings (SSSR count). The highest BCUT2D eigenvalue weighted by Crippen LogP contribution is 2.33. The molecule has 0 aromatic heterocycles. The first kappa shape index (κ1) is 4.82. The fourth-order valence-corrected chi connectivity index (χ4v) is 0.769. The molecule has 0 aromatic carbocycles. The molecule has 0 saturated heterocycles. The molecule has 0 atom stereocenters. The summed E-state index contributed by atoms with van der Waals surface area (Å²) in [6.07, 6.45) is 2.42. The van der Waals surface area contributed by atoms with Crippen LogP contribution in [-0.2, 0) is 0 Å². The van der Waals surface area contributed by atoms with Crippen molar-refractivity contribution in [1.82, 2.24) is 0 Å². The fourth-order valence-electron chi connectivity index (χ4n) is 0.769. The van der Waals surface area contributed by atoms with Gasteiger partial charge in [-0.25, -0.2) is 0 Å². The first-order valence-corrected chi connectivity index (χ1v) is 2.75. The van der Waals surface area contributed by atoms with Crippen molar-refractivity contribution in [2.24, 2.45) is 5.41 Å². The van der Waals surface area contributed by atoms with Gasteiger partial charge in [-0.2, -0.15) is 0 Å². The lowest BCUT2D eigenvalue weighted by molar-refractivity contribution is -0.135. The third-order valence-corrected chi connectivity index (χ3v) is 1.89. The third-order valence-electron chi connectivity index (χ3n) is 1.89. The Hall–Kier alpha value is -0.330. The lowest BCUT2D eigenvalue weighted by Crippen LogP contribution is -2.54. The van der Waals surface area contributed by atoms with Crippen LogP contribution in [0.1, 0.15) is 26.7 Å². The molecule has 0 unspecified atom stereocenters. The molecule has 1 fully saturated rings. The predicted octanol–water partition coefficient (Wildman–Crippen LogP) is 0.00650. The number of rotatable bonds is 0. The molecule has 1 nitrogen and oxygen atoms in total. The molecule has 40 valence electrons. The van der Waals surface area contributed by atoms with Crippen LogP contribution in [0.25, 0.3) is 0 Å². The minimum atomic E-state index is 0.375. The van der Waals surface area contributed by atoms with Crippen LogP contribution in [-0.4, -0.2) is 5.71 Å². The lowest BCUT2D eigenvalue weighted by Gasteiger charge is -2.30. The molecule has 0 aromatic rings. The molecular weight excluding hydrogens is 86.1 g/mol. The molecule has 1 heteroatoms. The van der Waals surface area contributed by atoms with Gasteiger partial charge in [0.05, 0.1) is 0 Å². The van der Waals surface area contributed by atoms with Crippen LogP contribution in [0, 0.1) is 5.41 Å². The highest BCUT2D eigenvalue weighted by atomic mass is 14.5. The topological polar surface area (TPSA) is 25.6 Å². The minimum Gasteiger partial charge on any atom is -0.261 e. The Bertz CT molecular complexity index is 103. The van der Waals surface area contributed by atoms with Gasteiger partial charge in [0.15, 0.2) is 5.71 Å². The van der Waals surface area contributed by atoms with Crippen molar-refractivity contribution < 1.29 is 5.41 Å². The van der Waals surface area contributed by atoms with Crippen LogP contribution in [0.4, 0.5) is 0 Å². The summed E-state index contributed by atoms with van der Waals surface area (Å²) in [4.78, 5) is 0. The van der Waals surface area contributed by atoms with E-state index in [1.54, 1.807) is 0 Å². The molecule has 7 heavy (non-hydrogen) atoms. The maximum absolute atomic E-state index is 5.57. The molecule has 1 aliphatic rings. The number of nitrogens with two attached hydrogens (primary N) is 1. The van der Waals surface area contributed by atoms with Gasteiger partial charge in [-0.1, -0.05) is 13.8 Å². The van der Waals surface area contributed by atoms with Crippen LogP contribution in [0.3, 0.4) is 0 Å². The molecule has 0 radical (unpaired) electrons. The zero-order valence-electron chi connectivity index (χ0n) is 4.99. The second-order valence-electron chi connectivity index (χ2n) is 2.91. The monoisotopic (exact) mass is 98.1 g/mol. The van der Waals surface area contributed by atoms with Gasteiger partial charge in [-0.05, 0) is 6.42 Å². The van der Waals surface area contributed by atoms with Gasteiger partial charge in [-0.15, -0.1) is 0 Å². The van der Waals surface area contributed by atoms with E-state index in [-0.39, 0.29) is 0 Å². The van der Waals surface area contributed by atoms with E-state index in [1.807, 2.05) is 0 Å². The maximum Gasteiger partial charge on any atom is 0.154 e. The van der Waals surface area contributed by atoms with Crippen LogP contribution in [0.2, 0.25) is 0 Å². The van der Waals surface area contributed by atoms with Crippen molar-refractivity contribution in [3.05, 3.63) is 0 Å². The standard InChI is InChI=1S/C6H11N/c1-6(2)4-3-5(6)7/h7H,3-4H2,1-2H3/p+1. The molecule has 0 heterocycles. The van der Waals surface area contributed by atoms with E-state index in [2.05, 4.69) is 13.8 Å². The van der Waals surface area contributed by atoms with Crippen molar-refractivity contribution in [3.8, 4) is 0 Å². The van der Waals surface area contributed by atoms with Gasteiger partial charge >= 0.3 is 0 Å². The van der Waals surface area contributed by atoms with E-state index in [1.165, 1.54) is 12.1 Å². The van der Waals surface area contributed by atoms with Crippen LogP contribution in [0.15, 0.2) is 0 Å². The molecule has 1 aliphatic carbocycles. The Morgan fingerprint density at radius 1 is 1.57 bits per heavy atom. The SMILES string of the molecule is CC1(C)CCC1=[NH2+]. The predicted molar refractivity (Wildman–Crippen MR) is 29.9 cm³/mol. The second-order valence-corrected chi connectivity index (χ2v) is 2.91. The Balaban J connectivity index is 2.59.